The largest absolute Gasteiger partial charge is 0.507 e. The van der Waals surface area contributed by atoms with Gasteiger partial charge in [-0.15, -0.1) is 0 Å². The molecule has 0 bridgehead atoms. The van der Waals surface area contributed by atoms with Gasteiger partial charge in [0.1, 0.15) is 27.9 Å². The molecule has 244 valence electrons. The molecule has 1 unspecified atom stereocenters. The zero-order valence-electron chi connectivity index (χ0n) is 27.0. The smallest absolute Gasteiger partial charge is 0.307 e. The molecule has 9 nitrogen and oxygen atoms in total. The van der Waals surface area contributed by atoms with E-state index in [2.05, 4.69) is 19.9 Å². The van der Waals surface area contributed by atoms with E-state index in [4.69, 9.17) is 9.15 Å². The number of fused-ring (bicyclic) bond motifs is 3. The van der Waals surface area contributed by atoms with Gasteiger partial charge in [-0.05, 0) is 73.5 Å². The Morgan fingerprint density at radius 1 is 1.07 bits per heavy atom. The van der Waals surface area contributed by atoms with Crippen LogP contribution in [0.5, 0.6) is 5.75 Å². The van der Waals surface area contributed by atoms with Crippen molar-refractivity contribution in [2.75, 3.05) is 7.11 Å². The Morgan fingerprint density at radius 3 is 2.48 bits per heavy atom. The number of hydrogen-bond donors (Lipinski definition) is 3. The van der Waals surface area contributed by atoms with Crippen LogP contribution < -0.4 is 5.43 Å². The number of carbonyl (C=O) groups is 3. The van der Waals surface area contributed by atoms with Crippen LogP contribution in [-0.2, 0) is 31.1 Å². The molecule has 46 heavy (non-hydrogen) atoms. The van der Waals surface area contributed by atoms with Gasteiger partial charge in [-0.1, -0.05) is 50.5 Å². The first kappa shape index (κ1) is 32.0. The van der Waals surface area contributed by atoms with Gasteiger partial charge in [0, 0.05) is 24.0 Å². The van der Waals surface area contributed by atoms with E-state index < -0.39 is 58.2 Å². The van der Waals surface area contributed by atoms with Crippen LogP contribution in [0.2, 0.25) is 0 Å². The van der Waals surface area contributed by atoms with Gasteiger partial charge in [-0.2, -0.15) is 0 Å². The van der Waals surface area contributed by atoms with Crippen LogP contribution in [0.15, 0.2) is 62.5 Å². The number of carboxylic acids is 1. The number of aliphatic hydroxyl groups excluding tert-OH is 1. The van der Waals surface area contributed by atoms with Crippen molar-refractivity contribution in [3.05, 3.63) is 74.9 Å². The highest BCUT2D eigenvalue weighted by molar-refractivity contribution is 6.14. The fourth-order valence-electron chi connectivity index (χ4n) is 9.42. The molecular formula is C37H42O9. The van der Waals surface area contributed by atoms with E-state index in [-0.39, 0.29) is 52.4 Å². The molecule has 1 aromatic carbocycles. The Bertz CT molecular complexity index is 1810. The molecule has 2 aromatic rings. The van der Waals surface area contributed by atoms with Crippen molar-refractivity contribution < 1.29 is 38.9 Å². The molecule has 4 aliphatic carbocycles. The molecule has 3 N–H and O–H groups in total. The molecular weight excluding hydrogens is 588 g/mol. The van der Waals surface area contributed by atoms with Crippen LogP contribution in [-0.4, -0.2) is 40.0 Å². The maximum Gasteiger partial charge on any atom is 0.307 e. The van der Waals surface area contributed by atoms with Crippen molar-refractivity contribution in [2.45, 2.75) is 78.2 Å². The monoisotopic (exact) mass is 630 g/mol. The number of ether oxygens (including phenoxy) is 1. The van der Waals surface area contributed by atoms with Crippen molar-refractivity contribution in [1.82, 2.24) is 0 Å². The molecule has 0 spiro atoms. The summed E-state index contributed by atoms with van der Waals surface area (Å²) < 4.78 is 11.7. The molecule has 1 aromatic heterocycles. The molecule has 9 heteroatoms. The maximum absolute atomic E-state index is 14.7. The lowest BCUT2D eigenvalue weighted by atomic mass is 9.46. The standard InChI is InChI=1S/C37H42O9/c1-19-8-9-23-33(42)29(45-5)16-30(41)37(23,31-15-27(40)32-26(39)13-20(18-38)14-28(32)46-31)25(19)17-36(4)22-7-6-12-35(2,3)21(22)10-11-24(36)34(43)44/h8,10,13-16,22-25,38-39H,6-7,9,11-12,17-18H2,1-5H3,(H,43,44)/t22-,23+,24?,25-,36+,37+/m1/s1. The molecule has 0 aliphatic heterocycles. The average Bonchev–Trinajstić information content (AvgIpc) is 2.99. The second-order valence-corrected chi connectivity index (χ2v) is 14.5. The quantitative estimate of drug-likeness (QED) is 0.339. The van der Waals surface area contributed by atoms with Crippen molar-refractivity contribution in [3.63, 3.8) is 0 Å². The topological polar surface area (TPSA) is 151 Å². The second kappa shape index (κ2) is 11.1. The van der Waals surface area contributed by atoms with E-state index in [9.17, 15) is 34.5 Å². The lowest BCUT2D eigenvalue weighted by Crippen LogP contribution is -2.58. The number of phenolic OH excluding ortho intramolecular Hbond substituents is 1. The van der Waals surface area contributed by atoms with Crippen LogP contribution in [0.25, 0.3) is 11.0 Å². The van der Waals surface area contributed by atoms with Crippen LogP contribution in [0.3, 0.4) is 0 Å². The fraction of sp³-hybridized carbons (Fsp3) is 0.514. The molecule has 0 radical (unpaired) electrons. The number of carboxylic acid groups (broad SMARTS) is 1. The highest BCUT2D eigenvalue weighted by atomic mass is 16.5. The van der Waals surface area contributed by atoms with Crippen molar-refractivity contribution in [3.8, 4) is 5.75 Å². The Balaban J connectivity index is 1.62. The molecule has 6 atom stereocenters. The zero-order chi connectivity index (χ0) is 33.3. The summed E-state index contributed by atoms with van der Waals surface area (Å²) in [5.41, 5.74) is -0.804. The van der Waals surface area contributed by atoms with Gasteiger partial charge in [-0.25, -0.2) is 0 Å². The molecule has 0 amide bonds. The van der Waals surface area contributed by atoms with E-state index in [1.165, 1.54) is 37.0 Å². The molecule has 4 aliphatic rings. The minimum absolute atomic E-state index is 0.0149. The lowest BCUT2D eigenvalue weighted by molar-refractivity contribution is -0.151. The van der Waals surface area contributed by atoms with E-state index in [0.717, 1.165) is 24.8 Å². The third kappa shape index (κ3) is 4.53. The number of ketones is 2. The van der Waals surface area contributed by atoms with Gasteiger partial charge in [0.25, 0.3) is 0 Å². The van der Waals surface area contributed by atoms with Gasteiger partial charge in [0.15, 0.2) is 17.0 Å². The number of benzene rings is 1. The first-order chi connectivity index (χ1) is 21.7. The zero-order valence-corrected chi connectivity index (χ0v) is 27.0. The number of Topliss-reactive ketones (excluding diaryl/α,β-unsaturated/α-hetero) is 1. The summed E-state index contributed by atoms with van der Waals surface area (Å²) in [7, 11) is 1.33. The lowest BCUT2D eigenvalue weighted by Gasteiger charge is -2.56. The van der Waals surface area contributed by atoms with Crippen LogP contribution in [0, 0.1) is 34.5 Å². The number of aromatic hydroxyl groups is 1. The van der Waals surface area contributed by atoms with E-state index in [0.29, 0.717) is 12.0 Å². The van der Waals surface area contributed by atoms with Crippen molar-refractivity contribution in [1.29, 1.82) is 0 Å². The van der Waals surface area contributed by atoms with Crippen molar-refractivity contribution in [2.24, 2.45) is 34.5 Å². The Hall–Kier alpha value is -3.98. The van der Waals surface area contributed by atoms with E-state index in [1.807, 2.05) is 19.9 Å². The Kier molecular flexibility index (Phi) is 7.70. The molecule has 0 saturated heterocycles. The first-order valence-corrected chi connectivity index (χ1v) is 16.1. The van der Waals surface area contributed by atoms with Gasteiger partial charge >= 0.3 is 5.97 Å². The number of allylic oxidation sites excluding steroid dienone is 6. The molecule has 1 saturated carbocycles. The highest BCUT2D eigenvalue weighted by Gasteiger charge is 2.63. The average molecular weight is 631 g/mol. The van der Waals surface area contributed by atoms with Crippen LogP contribution in [0.4, 0.5) is 0 Å². The SMILES string of the molecule is COC1=CC(=O)[C@@]2(c3cc(=O)c4c(O)cc(CO)cc4o3)[C@H](C[C@]3(C)C(C(=O)O)CC=C4[C@H]3CCCC4(C)C)C(C)=CC[C@H]2C1=O. The third-order valence-corrected chi connectivity index (χ3v) is 11.8. The number of phenols is 1. The summed E-state index contributed by atoms with van der Waals surface area (Å²) in [6.07, 6.45) is 8.82. The van der Waals surface area contributed by atoms with E-state index in [1.54, 1.807) is 0 Å². The van der Waals surface area contributed by atoms with Crippen LogP contribution >= 0.6 is 0 Å². The summed E-state index contributed by atoms with van der Waals surface area (Å²) >= 11 is 0. The molecule has 1 fully saturated rings. The second-order valence-electron chi connectivity index (χ2n) is 14.5. The predicted molar refractivity (Wildman–Crippen MR) is 170 cm³/mol. The number of carbonyl (C=O) groups excluding carboxylic acids is 2. The minimum Gasteiger partial charge on any atom is -0.507 e. The minimum atomic E-state index is -1.67. The summed E-state index contributed by atoms with van der Waals surface area (Å²) in [5.74, 6) is -4.66. The number of rotatable bonds is 6. The van der Waals surface area contributed by atoms with Crippen LogP contribution in [0.1, 0.15) is 77.5 Å². The highest BCUT2D eigenvalue weighted by Crippen LogP contribution is 2.62. The number of methoxy groups -OCH3 is 1. The van der Waals surface area contributed by atoms with Gasteiger partial charge in [0.2, 0.25) is 5.78 Å². The number of aliphatic hydroxyl groups is 1. The summed E-state index contributed by atoms with van der Waals surface area (Å²) in [6.45, 7) is 7.90. The van der Waals surface area contributed by atoms with E-state index >= 15 is 0 Å². The van der Waals surface area contributed by atoms with Crippen molar-refractivity contribution >= 4 is 28.5 Å². The number of hydrogen-bond acceptors (Lipinski definition) is 8. The fourth-order valence-corrected chi connectivity index (χ4v) is 9.42. The van der Waals surface area contributed by atoms with Gasteiger partial charge < -0.3 is 24.5 Å². The summed E-state index contributed by atoms with van der Waals surface area (Å²) in [5, 5.41) is 31.0. The normalized spacial score (nSPS) is 32.2. The first-order valence-electron chi connectivity index (χ1n) is 16.1. The maximum atomic E-state index is 14.7. The Morgan fingerprint density at radius 2 is 1.80 bits per heavy atom. The predicted octanol–water partition coefficient (Wildman–Crippen LogP) is 5.75. The van der Waals surface area contributed by atoms with Gasteiger partial charge in [-0.3, -0.25) is 19.2 Å². The molecule has 1 heterocycles. The number of aliphatic carboxylic acids is 1. The third-order valence-electron chi connectivity index (χ3n) is 11.8. The summed E-state index contributed by atoms with van der Waals surface area (Å²) in [4.78, 5) is 55.4. The molecule has 6 rings (SSSR count). The Labute approximate surface area is 267 Å². The van der Waals surface area contributed by atoms with Gasteiger partial charge in [0.05, 0.1) is 19.6 Å². The summed E-state index contributed by atoms with van der Waals surface area (Å²) in [6, 6.07) is 3.93.